The Balaban J connectivity index is 2.37. The Morgan fingerprint density at radius 1 is 1.50 bits per heavy atom. The Kier molecular flexibility index (Phi) is 1.72. The summed E-state index contributed by atoms with van der Waals surface area (Å²) in [5.41, 5.74) is 0. The van der Waals surface area contributed by atoms with Crippen molar-refractivity contribution in [2.24, 2.45) is 4.99 Å². The molecule has 5 heteroatoms. The van der Waals surface area contributed by atoms with Gasteiger partial charge in [-0.05, 0) is 12.8 Å². The van der Waals surface area contributed by atoms with Crippen LogP contribution in [0.4, 0.5) is 5.95 Å². The topological polar surface area (TPSA) is 60.1 Å². The SMILES string of the molecule is O=C=Nc1nc2n(n1)CCCC2. The van der Waals surface area contributed by atoms with Gasteiger partial charge < -0.3 is 0 Å². The van der Waals surface area contributed by atoms with E-state index in [1.165, 1.54) is 6.08 Å². The molecule has 1 aliphatic heterocycles. The van der Waals surface area contributed by atoms with E-state index in [4.69, 9.17) is 0 Å². The summed E-state index contributed by atoms with van der Waals surface area (Å²) in [6.07, 6.45) is 4.63. The molecule has 0 bridgehead atoms. The van der Waals surface area contributed by atoms with Crippen LogP contribution in [-0.4, -0.2) is 20.8 Å². The molecule has 0 N–H and O–H groups in total. The predicted molar refractivity (Wildman–Crippen MR) is 40.7 cm³/mol. The molecule has 2 rings (SSSR count). The number of nitrogens with zero attached hydrogens (tertiary/aromatic N) is 4. The number of aliphatic imine (C=N–C) groups is 1. The molecule has 0 atom stereocenters. The fourth-order valence-electron chi connectivity index (χ4n) is 1.36. The number of carbonyl (C=O) groups excluding carboxylic acids is 1. The molecule has 0 unspecified atom stereocenters. The van der Waals surface area contributed by atoms with Crippen LogP contribution < -0.4 is 0 Å². The van der Waals surface area contributed by atoms with Crippen molar-refractivity contribution in [3.63, 3.8) is 0 Å². The van der Waals surface area contributed by atoms with Crippen molar-refractivity contribution in [2.75, 3.05) is 0 Å². The van der Waals surface area contributed by atoms with E-state index in [0.717, 1.165) is 31.6 Å². The van der Waals surface area contributed by atoms with Crippen LogP contribution in [0.2, 0.25) is 0 Å². The minimum atomic E-state index is 0.238. The first-order valence-electron chi connectivity index (χ1n) is 3.92. The van der Waals surface area contributed by atoms with Gasteiger partial charge in [-0.25, -0.2) is 9.48 Å². The lowest BCUT2D eigenvalue weighted by molar-refractivity contribution is 0.480. The molecule has 1 aliphatic rings. The smallest absolute Gasteiger partial charge is 0.248 e. The van der Waals surface area contributed by atoms with E-state index in [9.17, 15) is 4.79 Å². The first kappa shape index (κ1) is 7.18. The van der Waals surface area contributed by atoms with Gasteiger partial charge in [-0.2, -0.15) is 4.98 Å². The third-order valence-corrected chi connectivity index (χ3v) is 1.90. The second-order valence-electron chi connectivity index (χ2n) is 2.71. The van der Waals surface area contributed by atoms with E-state index in [1.807, 2.05) is 0 Å². The lowest BCUT2D eigenvalue weighted by Crippen LogP contribution is -2.11. The average Bonchev–Trinajstić information content (AvgIpc) is 2.47. The van der Waals surface area contributed by atoms with Crippen molar-refractivity contribution < 1.29 is 4.79 Å². The Labute approximate surface area is 69.1 Å². The van der Waals surface area contributed by atoms with Gasteiger partial charge in [-0.3, -0.25) is 0 Å². The van der Waals surface area contributed by atoms with Crippen molar-refractivity contribution in [1.29, 1.82) is 0 Å². The van der Waals surface area contributed by atoms with Gasteiger partial charge in [0.15, 0.2) is 0 Å². The molecule has 2 heterocycles. The Morgan fingerprint density at radius 3 is 3.17 bits per heavy atom. The van der Waals surface area contributed by atoms with Gasteiger partial charge in [-0.15, -0.1) is 10.1 Å². The standard InChI is InChI=1S/C7H8N4O/c12-5-8-7-9-6-3-1-2-4-11(6)10-7/h1-4H2. The van der Waals surface area contributed by atoms with E-state index < -0.39 is 0 Å². The van der Waals surface area contributed by atoms with Crippen LogP contribution in [0.1, 0.15) is 18.7 Å². The van der Waals surface area contributed by atoms with Crippen molar-refractivity contribution in [3.05, 3.63) is 5.82 Å². The predicted octanol–water partition coefficient (Wildman–Crippen LogP) is 0.582. The number of hydrogen-bond donors (Lipinski definition) is 0. The number of aryl methyl sites for hydroxylation is 2. The summed E-state index contributed by atoms with van der Waals surface area (Å²) in [6.45, 7) is 0.886. The summed E-state index contributed by atoms with van der Waals surface area (Å²) in [5.74, 6) is 1.16. The van der Waals surface area contributed by atoms with E-state index in [0.29, 0.717) is 0 Å². The Hall–Kier alpha value is -1.48. The Bertz CT molecular complexity index is 314. The van der Waals surface area contributed by atoms with E-state index >= 15 is 0 Å². The maximum absolute atomic E-state index is 9.91. The van der Waals surface area contributed by atoms with Crippen molar-refractivity contribution >= 4 is 12.0 Å². The lowest BCUT2D eigenvalue weighted by Gasteiger charge is -2.09. The molecule has 5 nitrogen and oxygen atoms in total. The van der Waals surface area contributed by atoms with E-state index in [-0.39, 0.29) is 5.95 Å². The molecule has 0 radical (unpaired) electrons. The van der Waals surface area contributed by atoms with Crippen LogP contribution in [-0.2, 0) is 17.8 Å². The maximum atomic E-state index is 9.91. The maximum Gasteiger partial charge on any atom is 0.279 e. The van der Waals surface area contributed by atoms with Gasteiger partial charge in [0.05, 0.1) is 0 Å². The summed E-state index contributed by atoms with van der Waals surface area (Å²) in [5, 5.41) is 4.02. The largest absolute Gasteiger partial charge is 0.279 e. The van der Waals surface area contributed by atoms with Crippen LogP contribution in [0.5, 0.6) is 0 Å². The van der Waals surface area contributed by atoms with Crippen LogP contribution >= 0.6 is 0 Å². The first-order chi connectivity index (χ1) is 5.90. The number of rotatable bonds is 1. The normalized spacial score (nSPS) is 15.0. The second kappa shape index (κ2) is 2.87. The highest BCUT2D eigenvalue weighted by atomic mass is 16.1. The minimum absolute atomic E-state index is 0.238. The molecule has 0 aromatic carbocycles. The molecule has 12 heavy (non-hydrogen) atoms. The van der Waals surface area contributed by atoms with Crippen LogP contribution in [0.3, 0.4) is 0 Å². The fourth-order valence-corrected chi connectivity index (χ4v) is 1.36. The van der Waals surface area contributed by atoms with Crippen LogP contribution in [0.15, 0.2) is 4.99 Å². The molecule has 0 aliphatic carbocycles. The number of isocyanates is 1. The number of hydrogen-bond acceptors (Lipinski definition) is 4. The van der Waals surface area contributed by atoms with Gasteiger partial charge in [0, 0.05) is 13.0 Å². The van der Waals surface area contributed by atoms with E-state index in [1.54, 1.807) is 4.68 Å². The second-order valence-corrected chi connectivity index (χ2v) is 2.71. The van der Waals surface area contributed by atoms with Crippen molar-refractivity contribution in [2.45, 2.75) is 25.8 Å². The van der Waals surface area contributed by atoms with Gasteiger partial charge >= 0.3 is 0 Å². The van der Waals surface area contributed by atoms with Gasteiger partial charge in [-0.1, -0.05) is 0 Å². The van der Waals surface area contributed by atoms with Crippen molar-refractivity contribution in [1.82, 2.24) is 14.8 Å². The third-order valence-electron chi connectivity index (χ3n) is 1.90. The highest BCUT2D eigenvalue weighted by Gasteiger charge is 2.12. The van der Waals surface area contributed by atoms with Gasteiger partial charge in [0.1, 0.15) is 5.82 Å². The zero-order chi connectivity index (χ0) is 8.39. The highest BCUT2D eigenvalue weighted by Crippen LogP contribution is 2.14. The molecular formula is C7H8N4O. The summed E-state index contributed by atoms with van der Waals surface area (Å²) in [7, 11) is 0. The zero-order valence-electron chi connectivity index (χ0n) is 6.53. The molecule has 62 valence electrons. The molecule has 0 saturated heterocycles. The molecule has 0 amide bonds. The summed E-state index contributed by atoms with van der Waals surface area (Å²) in [6, 6.07) is 0. The monoisotopic (exact) mass is 164 g/mol. The lowest BCUT2D eigenvalue weighted by atomic mass is 10.2. The molecule has 0 saturated carbocycles. The van der Waals surface area contributed by atoms with Crippen LogP contribution in [0.25, 0.3) is 0 Å². The summed E-state index contributed by atoms with van der Waals surface area (Å²) in [4.78, 5) is 17.3. The Morgan fingerprint density at radius 2 is 2.42 bits per heavy atom. The highest BCUT2D eigenvalue weighted by molar-refractivity contribution is 5.40. The van der Waals surface area contributed by atoms with Crippen LogP contribution in [0, 0.1) is 0 Å². The average molecular weight is 164 g/mol. The number of fused-ring (bicyclic) bond motifs is 1. The molecule has 0 fully saturated rings. The summed E-state index contributed by atoms with van der Waals surface area (Å²) >= 11 is 0. The van der Waals surface area contributed by atoms with Gasteiger partial charge in [0.25, 0.3) is 5.95 Å². The molecule has 1 aromatic heterocycles. The van der Waals surface area contributed by atoms with E-state index in [2.05, 4.69) is 15.1 Å². The van der Waals surface area contributed by atoms with Crippen molar-refractivity contribution in [3.8, 4) is 0 Å². The summed E-state index contributed by atoms with van der Waals surface area (Å²) < 4.78 is 1.81. The molecule has 0 spiro atoms. The molecular weight excluding hydrogens is 156 g/mol. The zero-order valence-corrected chi connectivity index (χ0v) is 6.53. The van der Waals surface area contributed by atoms with Gasteiger partial charge in [0.2, 0.25) is 6.08 Å². The first-order valence-corrected chi connectivity index (χ1v) is 3.92. The minimum Gasteiger partial charge on any atom is -0.248 e. The quantitative estimate of drug-likeness (QED) is 0.450. The third kappa shape index (κ3) is 1.14. The number of aromatic nitrogens is 3. The fraction of sp³-hybridized carbons (Fsp3) is 0.571. The molecule has 1 aromatic rings.